The molecule has 0 saturated carbocycles. The second-order valence-corrected chi connectivity index (χ2v) is 0.797. The molecule has 1 rings (SSSR count). The number of oxazole rings is 1. The Hall–Kier alpha value is -0.990. The van der Waals surface area contributed by atoms with Crippen molar-refractivity contribution in [2.24, 2.45) is 0 Å². The van der Waals surface area contributed by atoms with Crippen LogP contribution in [0.15, 0.2) is 10.7 Å². The zero-order chi connectivity index (χ0) is 4.41. The smallest absolute Gasteiger partial charge is 0.287 e. The molecule has 3 heteroatoms. The summed E-state index contributed by atoms with van der Waals surface area (Å²) in [7, 11) is 0. The van der Waals surface area contributed by atoms with Crippen molar-refractivity contribution in [3.63, 3.8) is 0 Å². The number of rotatable bonds is 0. The molecule has 0 atom stereocenters. The van der Waals surface area contributed by atoms with Crippen LogP contribution in [-0.4, -0.2) is 10.1 Å². The molecular weight excluding hydrogens is 82.0 g/mol. The molecule has 1 aromatic heterocycles. The average Bonchev–Trinajstić information content (AvgIpc) is 1.86. The molecule has 0 aromatic carbocycles. The van der Waals surface area contributed by atoms with E-state index >= 15 is 0 Å². The fraction of sp³-hybridized carbons (Fsp3) is 0. The van der Waals surface area contributed by atoms with Gasteiger partial charge in [-0.15, -0.1) is 0 Å². The van der Waals surface area contributed by atoms with E-state index in [4.69, 9.17) is 5.11 Å². The molecule has 0 unspecified atom stereocenters. The van der Waals surface area contributed by atoms with Crippen LogP contribution in [0.3, 0.4) is 0 Å². The minimum atomic E-state index is -0.130. The van der Waals surface area contributed by atoms with Crippen molar-refractivity contribution in [3.8, 4) is 5.88 Å². The fourth-order valence-electron chi connectivity index (χ4n) is 0.179. The number of hydrogen-bond donors (Lipinski definition) is 1. The molecule has 0 saturated heterocycles. The molecule has 1 N–H and O–H groups in total. The van der Waals surface area contributed by atoms with E-state index in [1.54, 1.807) is 0 Å². The summed E-state index contributed by atoms with van der Waals surface area (Å²) < 4.78 is 4.23. The maximum Gasteiger partial charge on any atom is 0.287 e. The molecule has 0 spiro atoms. The van der Waals surface area contributed by atoms with Crippen LogP contribution in [0.4, 0.5) is 0 Å². The average molecular weight is 84.1 g/mol. The second-order valence-electron chi connectivity index (χ2n) is 0.797. The fourth-order valence-corrected chi connectivity index (χ4v) is 0.179. The van der Waals surface area contributed by atoms with Gasteiger partial charge in [-0.05, 0) is 0 Å². The van der Waals surface area contributed by atoms with Gasteiger partial charge in [-0.2, -0.15) is 4.98 Å². The minimum absolute atomic E-state index is 0.130. The Morgan fingerprint density at radius 2 is 2.83 bits per heavy atom. The number of nitrogens with zero attached hydrogens (tertiary/aromatic N) is 1. The van der Waals surface area contributed by atoms with Gasteiger partial charge < -0.3 is 9.52 Å². The van der Waals surface area contributed by atoms with Gasteiger partial charge in [-0.1, -0.05) is 0 Å². The molecule has 1 heterocycles. The van der Waals surface area contributed by atoms with Crippen LogP contribution in [0.5, 0.6) is 5.88 Å². The van der Waals surface area contributed by atoms with E-state index < -0.39 is 0 Å². The third kappa shape index (κ3) is 0.337. The van der Waals surface area contributed by atoms with Crippen LogP contribution < -0.4 is 0 Å². The van der Waals surface area contributed by atoms with Crippen LogP contribution in [0.25, 0.3) is 0 Å². The Morgan fingerprint density at radius 1 is 2.00 bits per heavy atom. The Kier molecular flexibility index (Phi) is 0.538. The van der Waals surface area contributed by atoms with E-state index in [9.17, 15) is 0 Å². The van der Waals surface area contributed by atoms with E-state index in [1.807, 2.05) is 0 Å². The highest BCUT2D eigenvalue weighted by atomic mass is 16.4. The van der Waals surface area contributed by atoms with Crippen LogP contribution in [-0.2, 0) is 0 Å². The molecule has 0 aliphatic heterocycles. The van der Waals surface area contributed by atoms with Crippen molar-refractivity contribution in [2.75, 3.05) is 0 Å². The summed E-state index contributed by atoms with van der Waals surface area (Å²) in [6, 6.07) is 0. The van der Waals surface area contributed by atoms with Crippen LogP contribution in [0, 0.1) is 6.39 Å². The SMILES string of the molecule is Oc1co[c]n1. The van der Waals surface area contributed by atoms with Crippen molar-refractivity contribution < 1.29 is 9.52 Å². The van der Waals surface area contributed by atoms with Crippen LogP contribution >= 0.6 is 0 Å². The van der Waals surface area contributed by atoms with Gasteiger partial charge >= 0.3 is 0 Å². The van der Waals surface area contributed by atoms with Crippen LogP contribution in [0.1, 0.15) is 0 Å². The third-order valence-corrected chi connectivity index (χ3v) is 0.377. The maximum atomic E-state index is 8.24. The first kappa shape index (κ1) is 3.21. The van der Waals surface area contributed by atoms with Gasteiger partial charge in [0.25, 0.3) is 12.3 Å². The summed E-state index contributed by atoms with van der Waals surface area (Å²) >= 11 is 0. The van der Waals surface area contributed by atoms with Crippen molar-refractivity contribution in [1.29, 1.82) is 0 Å². The van der Waals surface area contributed by atoms with Crippen molar-refractivity contribution in [2.45, 2.75) is 0 Å². The van der Waals surface area contributed by atoms with E-state index in [1.165, 1.54) is 0 Å². The lowest BCUT2D eigenvalue weighted by Gasteiger charge is -1.63. The third-order valence-electron chi connectivity index (χ3n) is 0.377. The predicted octanol–water partition coefficient (Wildman–Crippen LogP) is 0.180. The normalized spacial score (nSPS) is 8.67. The number of aromatic nitrogens is 1. The zero-order valence-corrected chi connectivity index (χ0v) is 2.88. The zero-order valence-electron chi connectivity index (χ0n) is 2.88. The minimum Gasteiger partial charge on any atom is -0.491 e. The first-order valence-corrected chi connectivity index (χ1v) is 1.40. The molecule has 1 radical (unpaired) electrons. The van der Waals surface area contributed by atoms with Gasteiger partial charge in [0.05, 0.1) is 0 Å². The monoisotopic (exact) mass is 84.0 g/mol. The van der Waals surface area contributed by atoms with Gasteiger partial charge in [0.1, 0.15) is 0 Å². The van der Waals surface area contributed by atoms with Gasteiger partial charge in [0.15, 0.2) is 6.26 Å². The summed E-state index contributed by atoms with van der Waals surface area (Å²) in [5.41, 5.74) is 0. The summed E-state index contributed by atoms with van der Waals surface area (Å²) in [6.45, 7) is 0. The Bertz CT molecular complexity index is 112. The standard InChI is InChI=1S/C3H2NO2/c5-3-1-6-2-4-3/h1,5H. The van der Waals surface area contributed by atoms with Crippen molar-refractivity contribution in [1.82, 2.24) is 4.98 Å². The quantitative estimate of drug-likeness (QED) is 0.487. The van der Waals surface area contributed by atoms with E-state index in [0.717, 1.165) is 6.26 Å². The molecule has 1 aromatic rings. The van der Waals surface area contributed by atoms with Gasteiger partial charge in [-0.25, -0.2) is 0 Å². The largest absolute Gasteiger partial charge is 0.491 e. The predicted molar refractivity (Wildman–Crippen MR) is 17.0 cm³/mol. The van der Waals surface area contributed by atoms with Crippen LogP contribution in [0.2, 0.25) is 0 Å². The maximum absolute atomic E-state index is 8.24. The number of hydrogen-bond acceptors (Lipinski definition) is 3. The first-order valence-electron chi connectivity index (χ1n) is 1.40. The lowest BCUT2D eigenvalue weighted by Crippen LogP contribution is -1.52. The van der Waals surface area contributed by atoms with E-state index in [-0.39, 0.29) is 5.88 Å². The van der Waals surface area contributed by atoms with Gasteiger partial charge in [0.2, 0.25) is 0 Å². The van der Waals surface area contributed by atoms with Crippen molar-refractivity contribution in [3.05, 3.63) is 12.7 Å². The van der Waals surface area contributed by atoms with E-state index in [0.29, 0.717) is 0 Å². The molecule has 31 valence electrons. The highest BCUT2D eigenvalue weighted by molar-refractivity contribution is 4.92. The Balaban J connectivity index is 3.05. The summed E-state index contributed by atoms with van der Waals surface area (Å²) in [5, 5.41) is 8.24. The van der Waals surface area contributed by atoms with Gasteiger partial charge in [0, 0.05) is 0 Å². The lowest BCUT2D eigenvalue weighted by molar-refractivity contribution is 0.448. The highest BCUT2D eigenvalue weighted by Crippen LogP contribution is 1.97. The topological polar surface area (TPSA) is 46.3 Å². The Labute approximate surface area is 34.2 Å². The molecule has 0 aliphatic rings. The molecule has 0 amide bonds. The molecule has 0 aliphatic carbocycles. The summed E-state index contributed by atoms with van der Waals surface area (Å²) in [6.07, 6.45) is 3.15. The summed E-state index contributed by atoms with van der Waals surface area (Å²) in [4.78, 5) is 3.18. The highest BCUT2D eigenvalue weighted by Gasteiger charge is 1.82. The molecule has 6 heavy (non-hydrogen) atoms. The summed E-state index contributed by atoms with van der Waals surface area (Å²) in [5.74, 6) is -0.130. The molecule has 3 nitrogen and oxygen atoms in total. The first-order chi connectivity index (χ1) is 2.89. The number of aromatic hydroxyl groups is 1. The van der Waals surface area contributed by atoms with E-state index in [2.05, 4.69) is 15.8 Å². The lowest BCUT2D eigenvalue weighted by atomic mass is 10.9. The van der Waals surface area contributed by atoms with Crippen molar-refractivity contribution >= 4 is 0 Å². The molecular formula is C3H2NO2. The van der Waals surface area contributed by atoms with Gasteiger partial charge in [-0.3, -0.25) is 0 Å². The second kappa shape index (κ2) is 1.01. The molecule has 0 fully saturated rings. The molecule has 0 bridgehead atoms. The Morgan fingerprint density at radius 3 is 3.00 bits per heavy atom.